The first-order chi connectivity index (χ1) is 9.24. The van der Waals surface area contributed by atoms with Gasteiger partial charge in [-0.2, -0.15) is 10.5 Å². The van der Waals surface area contributed by atoms with Crippen molar-refractivity contribution >= 4 is 23.0 Å². The van der Waals surface area contributed by atoms with E-state index in [4.69, 9.17) is 22.1 Å². The van der Waals surface area contributed by atoms with Crippen molar-refractivity contribution in [2.45, 2.75) is 12.8 Å². The predicted octanol–water partition coefficient (Wildman–Crippen LogP) is 3.28. The Morgan fingerprint density at radius 3 is 2.58 bits per heavy atom. The third-order valence-corrected chi connectivity index (χ3v) is 3.25. The van der Waals surface area contributed by atoms with Crippen molar-refractivity contribution in [2.75, 3.05) is 23.3 Å². The number of rotatable bonds is 3. The van der Waals surface area contributed by atoms with Gasteiger partial charge in [-0.15, -0.1) is 0 Å². The Balaban J connectivity index is 2.28. The fourth-order valence-electron chi connectivity index (χ4n) is 2.10. The Labute approximate surface area is 117 Å². The lowest BCUT2D eigenvalue weighted by atomic mass is 10.2. The minimum atomic E-state index is 0.0346. The molecule has 1 heterocycles. The molecule has 19 heavy (non-hydrogen) atoms. The molecule has 5 heteroatoms. The largest absolute Gasteiger partial charge is 0.370 e. The van der Waals surface area contributed by atoms with E-state index < -0.39 is 0 Å². The Morgan fingerprint density at radius 1 is 1.26 bits per heavy atom. The maximum Gasteiger partial charge on any atom is 0.145 e. The first-order valence-electron chi connectivity index (χ1n) is 6.06. The van der Waals surface area contributed by atoms with Crippen LogP contribution in [0.2, 0.25) is 5.02 Å². The summed E-state index contributed by atoms with van der Waals surface area (Å²) in [7, 11) is 0. The molecule has 1 saturated heterocycles. The molecule has 0 unspecified atom stereocenters. The first-order valence-corrected chi connectivity index (χ1v) is 6.44. The Bertz CT molecular complexity index is 558. The van der Waals surface area contributed by atoms with E-state index >= 15 is 0 Å². The van der Waals surface area contributed by atoms with E-state index in [1.807, 2.05) is 24.3 Å². The highest BCUT2D eigenvalue weighted by molar-refractivity contribution is 6.31. The van der Waals surface area contributed by atoms with Crippen LogP contribution in [0.15, 0.2) is 30.0 Å². The Morgan fingerprint density at radius 2 is 1.95 bits per heavy atom. The number of benzene rings is 1. The van der Waals surface area contributed by atoms with Gasteiger partial charge in [-0.25, -0.2) is 0 Å². The lowest BCUT2D eigenvalue weighted by Crippen LogP contribution is -2.18. The molecule has 4 nitrogen and oxygen atoms in total. The van der Waals surface area contributed by atoms with Crippen molar-refractivity contribution < 1.29 is 0 Å². The summed E-state index contributed by atoms with van der Waals surface area (Å²) < 4.78 is 0. The number of anilines is 2. The van der Waals surface area contributed by atoms with Crippen molar-refractivity contribution in [3.63, 3.8) is 0 Å². The molecule has 0 spiro atoms. The van der Waals surface area contributed by atoms with Crippen molar-refractivity contribution in [1.29, 1.82) is 10.5 Å². The number of nitriles is 2. The topological polar surface area (TPSA) is 62.9 Å². The zero-order chi connectivity index (χ0) is 13.7. The van der Waals surface area contributed by atoms with Crippen LogP contribution in [0.1, 0.15) is 12.8 Å². The number of allylic oxidation sites excluding steroid dienone is 1. The number of hydrogen-bond acceptors (Lipinski definition) is 4. The molecule has 1 aliphatic heterocycles. The first kappa shape index (κ1) is 13.3. The number of nitrogens with one attached hydrogen (secondary N) is 1. The van der Waals surface area contributed by atoms with E-state index in [0.717, 1.165) is 24.5 Å². The van der Waals surface area contributed by atoms with E-state index in [9.17, 15) is 0 Å². The molecular weight excluding hydrogens is 260 g/mol. The van der Waals surface area contributed by atoms with Gasteiger partial charge in [-0.1, -0.05) is 11.6 Å². The summed E-state index contributed by atoms with van der Waals surface area (Å²) in [6.07, 6.45) is 3.77. The molecule has 0 atom stereocenters. The number of hydrogen-bond donors (Lipinski definition) is 1. The van der Waals surface area contributed by atoms with Crippen molar-refractivity contribution in [1.82, 2.24) is 0 Å². The average molecular weight is 273 g/mol. The molecule has 0 amide bonds. The van der Waals surface area contributed by atoms with Crippen LogP contribution in [0.4, 0.5) is 11.4 Å². The normalized spacial score (nSPS) is 13.5. The molecule has 1 aromatic carbocycles. The van der Waals surface area contributed by atoms with Crippen LogP contribution in [-0.4, -0.2) is 13.1 Å². The molecule has 96 valence electrons. The summed E-state index contributed by atoms with van der Waals surface area (Å²) in [4.78, 5) is 2.27. The van der Waals surface area contributed by atoms with Gasteiger partial charge in [0.25, 0.3) is 0 Å². The minimum Gasteiger partial charge on any atom is -0.370 e. The lowest BCUT2D eigenvalue weighted by Gasteiger charge is -2.21. The van der Waals surface area contributed by atoms with E-state index in [2.05, 4.69) is 10.2 Å². The smallest absolute Gasteiger partial charge is 0.145 e. The number of nitrogens with zero attached hydrogens (tertiary/aromatic N) is 3. The molecule has 0 radical (unpaired) electrons. The third kappa shape index (κ3) is 3.19. The van der Waals surface area contributed by atoms with Crippen LogP contribution in [0.3, 0.4) is 0 Å². The highest BCUT2D eigenvalue weighted by Crippen LogP contribution is 2.31. The van der Waals surface area contributed by atoms with Gasteiger partial charge >= 0.3 is 0 Å². The van der Waals surface area contributed by atoms with Gasteiger partial charge in [0.1, 0.15) is 17.7 Å². The SMILES string of the molecule is N#CC(C#N)=CNc1cc(Cl)ccc1N1CCCC1. The highest BCUT2D eigenvalue weighted by Gasteiger charge is 2.15. The molecule has 1 aromatic rings. The zero-order valence-electron chi connectivity index (χ0n) is 10.4. The maximum atomic E-state index is 8.72. The van der Waals surface area contributed by atoms with Crippen molar-refractivity contribution in [2.24, 2.45) is 0 Å². The van der Waals surface area contributed by atoms with Gasteiger partial charge in [0.15, 0.2) is 0 Å². The van der Waals surface area contributed by atoms with E-state index in [1.165, 1.54) is 19.0 Å². The number of halogens is 1. The third-order valence-electron chi connectivity index (χ3n) is 3.02. The van der Waals surface area contributed by atoms with Crippen LogP contribution in [0, 0.1) is 22.7 Å². The Kier molecular flexibility index (Phi) is 4.28. The van der Waals surface area contributed by atoms with Crippen molar-refractivity contribution in [3.05, 3.63) is 35.0 Å². The standard InChI is InChI=1S/C14H13ClN4/c15-12-3-4-14(19-5-1-2-6-19)13(7-12)18-10-11(8-16)9-17/h3-4,7,10,18H,1-2,5-6H2. The van der Waals surface area contributed by atoms with Crippen LogP contribution in [0.5, 0.6) is 0 Å². The second-order valence-corrected chi connectivity index (χ2v) is 4.72. The molecule has 0 bridgehead atoms. The van der Waals surface area contributed by atoms with Crippen LogP contribution < -0.4 is 10.2 Å². The van der Waals surface area contributed by atoms with E-state index in [-0.39, 0.29) is 5.57 Å². The summed E-state index contributed by atoms with van der Waals surface area (Å²) in [5.74, 6) is 0. The molecule has 1 fully saturated rings. The lowest BCUT2D eigenvalue weighted by molar-refractivity contribution is 0.949. The van der Waals surface area contributed by atoms with Gasteiger partial charge in [0, 0.05) is 24.3 Å². The van der Waals surface area contributed by atoms with Crippen LogP contribution >= 0.6 is 11.6 Å². The quantitative estimate of drug-likeness (QED) is 0.858. The molecule has 0 aromatic heterocycles. The molecule has 2 rings (SSSR count). The van der Waals surface area contributed by atoms with Crippen LogP contribution in [0.25, 0.3) is 0 Å². The highest BCUT2D eigenvalue weighted by atomic mass is 35.5. The Hall–Kier alpha value is -2.17. The summed E-state index contributed by atoms with van der Waals surface area (Å²) in [6, 6.07) is 9.24. The molecular formula is C14H13ClN4. The minimum absolute atomic E-state index is 0.0346. The fourth-order valence-corrected chi connectivity index (χ4v) is 2.27. The summed E-state index contributed by atoms with van der Waals surface area (Å²) in [6.45, 7) is 2.03. The van der Waals surface area contributed by atoms with Crippen LogP contribution in [-0.2, 0) is 0 Å². The second kappa shape index (κ2) is 6.13. The van der Waals surface area contributed by atoms with Crippen molar-refractivity contribution in [3.8, 4) is 12.1 Å². The van der Waals surface area contributed by atoms with E-state index in [0.29, 0.717) is 5.02 Å². The second-order valence-electron chi connectivity index (χ2n) is 4.28. The predicted molar refractivity (Wildman–Crippen MR) is 75.8 cm³/mol. The maximum absolute atomic E-state index is 8.72. The molecule has 1 N–H and O–H groups in total. The van der Waals surface area contributed by atoms with Gasteiger partial charge in [-0.05, 0) is 31.0 Å². The molecule has 0 aliphatic carbocycles. The fraction of sp³-hybridized carbons (Fsp3) is 0.286. The van der Waals surface area contributed by atoms with Gasteiger partial charge in [0.05, 0.1) is 11.4 Å². The summed E-state index contributed by atoms with van der Waals surface area (Å²) >= 11 is 6.00. The summed E-state index contributed by atoms with van der Waals surface area (Å²) in [5, 5.41) is 21.1. The zero-order valence-corrected chi connectivity index (χ0v) is 11.1. The van der Waals surface area contributed by atoms with Gasteiger partial charge in [-0.3, -0.25) is 0 Å². The summed E-state index contributed by atoms with van der Waals surface area (Å²) in [5.41, 5.74) is 1.90. The monoisotopic (exact) mass is 272 g/mol. The average Bonchev–Trinajstić information content (AvgIpc) is 2.94. The van der Waals surface area contributed by atoms with Gasteiger partial charge < -0.3 is 10.2 Å². The molecule has 0 saturated carbocycles. The molecule has 1 aliphatic rings. The van der Waals surface area contributed by atoms with Gasteiger partial charge in [0.2, 0.25) is 0 Å². The van der Waals surface area contributed by atoms with E-state index in [1.54, 1.807) is 6.07 Å².